The molecule has 0 atom stereocenters. The number of rotatable bonds is 5. The lowest BCUT2D eigenvalue weighted by Gasteiger charge is -2.15. The van der Waals surface area contributed by atoms with Crippen molar-refractivity contribution in [1.29, 1.82) is 0 Å². The van der Waals surface area contributed by atoms with Crippen molar-refractivity contribution in [3.8, 4) is 22.9 Å². The van der Waals surface area contributed by atoms with Crippen LogP contribution in [0.3, 0.4) is 0 Å². The average Bonchev–Trinajstić information content (AvgIpc) is 2.79. The van der Waals surface area contributed by atoms with Crippen LogP contribution < -0.4 is 19.8 Å². The van der Waals surface area contributed by atoms with Crippen molar-refractivity contribution >= 4 is 16.7 Å². The number of ether oxygens (including phenoxy) is 3. The number of nitrogens with zero attached hydrogens (tertiary/aromatic N) is 1. The van der Waals surface area contributed by atoms with E-state index in [1.165, 1.54) is 25.0 Å². The van der Waals surface area contributed by atoms with E-state index in [4.69, 9.17) is 14.2 Å². The van der Waals surface area contributed by atoms with Crippen LogP contribution in [0.1, 0.15) is 10.4 Å². The van der Waals surface area contributed by atoms with Gasteiger partial charge >= 0.3 is 5.97 Å². The summed E-state index contributed by atoms with van der Waals surface area (Å²) in [7, 11) is 2.99. The predicted octanol–water partition coefficient (Wildman–Crippen LogP) is 4.23. The van der Waals surface area contributed by atoms with Crippen LogP contribution in [0.15, 0.2) is 83.8 Å². The molecule has 6 nitrogen and oxygen atoms in total. The fourth-order valence-corrected chi connectivity index (χ4v) is 3.26. The highest BCUT2D eigenvalue weighted by molar-refractivity contribution is 6.05. The van der Waals surface area contributed by atoms with Gasteiger partial charge in [-0.05, 0) is 36.4 Å². The molecule has 0 saturated heterocycles. The number of esters is 1. The zero-order valence-corrected chi connectivity index (χ0v) is 16.5. The first-order valence-electron chi connectivity index (χ1n) is 9.26. The van der Waals surface area contributed by atoms with Crippen LogP contribution in [-0.4, -0.2) is 24.8 Å². The Labute approximate surface area is 172 Å². The highest BCUT2D eigenvalue weighted by Crippen LogP contribution is 2.33. The van der Waals surface area contributed by atoms with Crippen LogP contribution in [-0.2, 0) is 0 Å². The van der Waals surface area contributed by atoms with E-state index in [9.17, 15) is 9.59 Å². The van der Waals surface area contributed by atoms with Gasteiger partial charge in [-0.25, -0.2) is 4.79 Å². The molecule has 0 N–H and O–H groups in total. The van der Waals surface area contributed by atoms with E-state index in [1.54, 1.807) is 48.5 Å². The number of carbonyl (C=O) groups is 1. The third kappa shape index (κ3) is 3.51. The second-order valence-electron chi connectivity index (χ2n) is 6.51. The molecule has 6 heteroatoms. The molecule has 0 unspecified atom stereocenters. The average molecular weight is 401 g/mol. The van der Waals surface area contributed by atoms with Crippen molar-refractivity contribution < 1.29 is 19.0 Å². The molecule has 0 fully saturated rings. The molecule has 0 bridgehead atoms. The van der Waals surface area contributed by atoms with Crippen LogP contribution in [0.4, 0.5) is 0 Å². The van der Waals surface area contributed by atoms with Crippen LogP contribution in [0.2, 0.25) is 0 Å². The molecule has 0 amide bonds. The lowest BCUT2D eigenvalue weighted by atomic mass is 10.1. The van der Waals surface area contributed by atoms with Gasteiger partial charge in [0.1, 0.15) is 5.75 Å². The number of aromatic nitrogens is 1. The fraction of sp³-hybridized carbons (Fsp3) is 0.0833. The standard InChI is InChI=1S/C24H19NO5/c1-28-21-13-18-19(14-22(21)29-2)23(26)25(16-9-5-3-6-10-16)15-20(18)24(27)30-17-11-7-4-8-12-17/h3-15H,1-2H3. The Morgan fingerprint density at radius 1 is 0.800 bits per heavy atom. The normalized spacial score (nSPS) is 10.6. The fourth-order valence-electron chi connectivity index (χ4n) is 3.26. The van der Waals surface area contributed by atoms with Gasteiger partial charge in [-0.2, -0.15) is 0 Å². The molecule has 0 aliphatic rings. The molecule has 1 aromatic heterocycles. The van der Waals surface area contributed by atoms with Crippen molar-refractivity contribution in [3.05, 3.63) is 94.9 Å². The lowest BCUT2D eigenvalue weighted by Crippen LogP contribution is -2.22. The Morgan fingerprint density at radius 3 is 1.97 bits per heavy atom. The van der Waals surface area contributed by atoms with E-state index in [2.05, 4.69) is 0 Å². The van der Waals surface area contributed by atoms with E-state index in [1.807, 2.05) is 24.3 Å². The van der Waals surface area contributed by atoms with E-state index in [-0.39, 0.29) is 11.1 Å². The molecule has 30 heavy (non-hydrogen) atoms. The molecule has 0 radical (unpaired) electrons. The number of carbonyl (C=O) groups excluding carboxylic acids is 1. The quantitative estimate of drug-likeness (QED) is 0.370. The Balaban J connectivity index is 1.97. The SMILES string of the molecule is COc1cc2c(C(=O)Oc3ccccc3)cn(-c3ccccc3)c(=O)c2cc1OC. The van der Waals surface area contributed by atoms with Crippen LogP contribution >= 0.6 is 0 Å². The summed E-state index contributed by atoms with van der Waals surface area (Å²) >= 11 is 0. The molecule has 0 aliphatic heterocycles. The molecule has 0 saturated carbocycles. The van der Waals surface area contributed by atoms with E-state index < -0.39 is 5.97 Å². The van der Waals surface area contributed by atoms with Gasteiger partial charge in [-0.1, -0.05) is 36.4 Å². The lowest BCUT2D eigenvalue weighted by molar-refractivity contribution is 0.0736. The molecule has 4 aromatic rings. The predicted molar refractivity (Wildman–Crippen MR) is 114 cm³/mol. The summed E-state index contributed by atoms with van der Waals surface area (Å²) in [6.07, 6.45) is 1.50. The van der Waals surface area contributed by atoms with Crippen LogP contribution in [0.5, 0.6) is 17.2 Å². The summed E-state index contributed by atoms with van der Waals surface area (Å²) in [6.45, 7) is 0. The molecule has 0 spiro atoms. The topological polar surface area (TPSA) is 66.8 Å². The third-order valence-electron chi connectivity index (χ3n) is 4.73. The molecular formula is C24H19NO5. The summed E-state index contributed by atoms with van der Waals surface area (Å²) in [5, 5.41) is 0.741. The second-order valence-corrected chi connectivity index (χ2v) is 6.51. The van der Waals surface area contributed by atoms with Gasteiger partial charge < -0.3 is 14.2 Å². The first-order valence-corrected chi connectivity index (χ1v) is 9.26. The van der Waals surface area contributed by atoms with Crippen LogP contribution in [0.25, 0.3) is 16.5 Å². The summed E-state index contributed by atoms with van der Waals surface area (Å²) in [4.78, 5) is 26.3. The molecular weight excluding hydrogens is 382 g/mol. The van der Waals surface area contributed by atoms with Gasteiger partial charge in [0, 0.05) is 17.3 Å². The highest BCUT2D eigenvalue weighted by Gasteiger charge is 2.20. The van der Waals surface area contributed by atoms with Gasteiger partial charge in [0.05, 0.1) is 25.2 Å². The van der Waals surface area contributed by atoms with E-state index in [0.717, 1.165) is 0 Å². The Kier molecular flexibility index (Phi) is 5.22. The number of methoxy groups -OCH3 is 2. The van der Waals surface area contributed by atoms with E-state index in [0.29, 0.717) is 33.7 Å². The van der Waals surface area contributed by atoms with Gasteiger partial charge in [-0.15, -0.1) is 0 Å². The van der Waals surface area contributed by atoms with Crippen molar-refractivity contribution in [2.45, 2.75) is 0 Å². The van der Waals surface area contributed by atoms with Gasteiger partial charge in [-0.3, -0.25) is 9.36 Å². The van der Waals surface area contributed by atoms with Crippen molar-refractivity contribution in [3.63, 3.8) is 0 Å². The summed E-state index contributed by atoms with van der Waals surface area (Å²) in [5.74, 6) is 0.641. The molecule has 1 heterocycles. The maximum atomic E-state index is 13.2. The smallest absolute Gasteiger partial charge is 0.345 e. The molecule has 150 valence electrons. The number of fused-ring (bicyclic) bond motifs is 1. The van der Waals surface area contributed by atoms with E-state index >= 15 is 0 Å². The Morgan fingerprint density at radius 2 is 1.37 bits per heavy atom. The summed E-state index contributed by atoms with van der Waals surface area (Å²) < 4.78 is 17.7. The first kappa shape index (κ1) is 19.3. The van der Waals surface area contributed by atoms with Crippen molar-refractivity contribution in [2.75, 3.05) is 14.2 Å². The Hall–Kier alpha value is -4.06. The van der Waals surface area contributed by atoms with Crippen molar-refractivity contribution in [1.82, 2.24) is 4.57 Å². The highest BCUT2D eigenvalue weighted by atomic mass is 16.5. The number of para-hydroxylation sites is 2. The number of hydrogen-bond donors (Lipinski definition) is 0. The number of benzene rings is 3. The summed E-state index contributed by atoms with van der Waals surface area (Å²) in [6, 6.07) is 21.0. The minimum atomic E-state index is -0.580. The number of pyridine rings is 1. The summed E-state index contributed by atoms with van der Waals surface area (Å²) in [5.41, 5.74) is 0.583. The zero-order chi connectivity index (χ0) is 21.1. The minimum Gasteiger partial charge on any atom is -0.493 e. The van der Waals surface area contributed by atoms with Gasteiger partial charge in [0.25, 0.3) is 5.56 Å². The molecule has 0 aliphatic carbocycles. The third-order valence-corrected chi connectivity index (χ3v) is 4.73. The monoisotopic (exact) mass is 401 g/mol. The van der Waals surface area contributed by atoms with Crippen molar-refractivity contribution in [2.24, 2.45) is 0 Å². The zero-order valence-electron chi connectivity index (χ0n) is 16.5. The van der Waals surface area contributed by atoms with Gasteiger partial charge in [0.15, 0.2) is 11.5 Å². The number of hydrogen-bond acceptors (Lipinski definition) is 5. The van der Waals surface area contributed by atoms with Gasteiger partial charge in [0.2, 0.25) is 0 Å². The largest absolute Gasteiger partial charge is 0.493 e. The Bertz CT molecular complexity index is 1260. The second kappa shape index (κ2) is 8.13. The maximum absolute atomic E-state index is 13.2. The molecule has 3 aromatic carbocycles. The minimum absolute atomic E-state index is 0.234. The maximum Gasteiger partial charge on any atom is 0.345 e. The van der Waals surface area contributed by atoms with Crippen LogP contribution in [0, 0.1) is 0 Å². The molecule has 4 rings (SSSR count). The first-order chi connectivity index (χ1) is 14.6.